The Morgan fingerprint density at radius 3 is 2.76 bits per heavy atom. The number of fused-ring (bicyclic) bond motifs is 1. The quantitative estimate of drug-likeness (QED) is 0.672. The molecule has 0 aliphatic carbocycles. The maximum Gasteiger partial charge on any atom is 0.179 e. The van der Waals surface area contributed by atoms with Gasteiger partial charge in [0.05, 0.1) is 5.52 Å². The van der Waals surface area contributed by atoms with Crippen molar-refractivity contribution in [1.82, 2.24) is 15.0 Å². The smallest absolute Gasteiger partial charge is 0.179 e. The topological polar surface area (TPSA) is 65.6 Å². The molecule has 108 valence electrons. The number of imidazole rings is 1. The van der Waals surface area contributed by atoms with Crippen molar-refractivity contribution in [2.24, 2.45) is 0 Å². The van der Waals surface area contributed by atoms with Crippen LogP contribution in [0.25, 0.3) is 11.2 Å². The van der Waals surface area contributed by atoms with E-state index in [1.54, 1.807) is 0 Å². The van der Waals surface area contributed by atoms with E-state index in [4.69, 9.17) is 0 Å². The van der Waals surface area contributed by atoms with Crippen molar-refractivity contribution >= 4 is 22.7 Å². The number of benzene rings is 1. The monoisotopic (exact) mass is 281 g/mol. The Kier molecular flexibility index (Phi) is 3.73. The molecule has 3 N–H and O–H groups in total. The second-order valence-corrected chi connectivity index (χ2v) is 4.99. The number of aryl methyl sites for hydroxylation is 1. The third kappa shape index (κ3) is 2.97. The third-order valence-corrected chi connectivity index (χ3v) is 3.47. The summed E-state index contributed by atoms with van der Waals surface area (Å²) in [6, 6.07) is 12.2. The summed E-state index contributed by atoms with van der Waals surface area (Å²) in [5, 5.41) is 6.46. The van der Waals surface area contributed by atoms with Crippen LogP contribution >= 0.6 is 0 Å². The largest absolute Gasteiger partial charge is 0.384 e. The fourth-order valence-electron chi connectivity index (χ4n) is 2.29. The van der Waals surface area contributed by atoms with Crippen molar-refractivity contribution < 1.29 is 0 Å². The Hall–Kier alpha value is -2.56. The molecule has 5 heteroatoms. The molecule has 0 radical (unpaired) electrons. The van der Waals surface area contributed by atoms with E-state index in [2.05, 4.69) is 44.6 Å². The highest BCUT2D eigenvalue weighted by Gasteiger charge is 2.05. The van der Waals surface area contributed by atoms with E-state index < -0.39 is 0 Å². The molecule has 0 unspecified atom stereocenters. The highest BCUT2D eigenvalue weighted by Crippen LogP contribution is 2.14. The van der Waals surface area contributed by atoms with Gasteiger partial charge in [-0.25, -0.2) is 9.97 Å². The number of hydrogen-bond donors (Lipinski definition) is 3. The Morgan fingerprint density at radius 2 is 1.95 bits per heavy atom. The second-order valence-electron chi connectivity index (χ2n) is 4.99. The first-order valence-electron chi connectivity index (χ1n) is 7.09. The van der Waals surface area contributed by atoms with Crippen molar-refractivity contribution in [1.29, 1.82) is 0 Å². The minimum Gasteiger partial charge on any atom is -0.384 e. The third-order valence-electron chi connectivity index (χ3n) is 3.47. The van der Waals surface area contributed by atoms with Crippen LogP contribution in [-0.2, 0) is 6.42 Å². The Morgan fingerprint density at radius 1 is 1.10 bits per heavy atom. The van der Waals surface area contributed by atoms with Gasteiger partial charge in [-0.2, -0.15) is 0 Å². The van der Waals surface area contributed by atoms with Gasteiger partial charge in [-0.3, -0.25) is 0 Å². The molecule has 0 spiro atoms. The molecule has 2 aromatic heterocycles. The van der Waals surface area contributed by atoms with Crippen LogP contribution in [-0.4, -0.2) is 28.5 Å². The Balaban J connectivity index is 1.67. The molecule has 0 amide bonds. The second kappa shape index (κ2) is 5.83. The Labute approximate surface area is 123 Å². The van der Waals surface area contributed by atoms with Crippen LogP contribution in [0.3, 0.4) is 0 Å². The number of aromatic nitrogens is 3. The fourth-order valence-corrected chi connectivity index (χ4v) is 2.29. The van der Waals surface area contributed by atoms with Gasteiger partial charge < -0.3 is 15.6 Å². The lowest BCUT2D eigenvalue weighted by Gasteiger charge is -2.07. The molecule has 1 aromatic carbocycles. The number of aromatic amines is 1. The van der Waals surface area contributed by atoms with Gasteiger partial charge >= 0.3 is 0 Å². The lowest BCUT2D eigenvalue weighted by molar-refractivity contribution is 0.932. The molecular weight excluding hydrogens is 262 g/mol. The van der Waals surface area contributed by atoms with Gasteiger partial charge in [0.2, 0.25) is 0 Å². The zero-order chi connectivity index (χ0) is 14.7. The summed E-state index contributed by atoms with van der Waals surface area (Å²) >= 11 is 0. The molecule has 0 aliphatic heterocycles. The van der Waals surface area contributed by atoms with Crippen LogP contribution < -0.4 is 10.6 Å². The van der Waals surface area contributed by atoms with Gasteiger partial charge in [-0.15, -0.1) is 0 Å². The molecular formula is C16H19N5. The molecule has 21 heavy (non-hydrogen) atoms. The molecule has 0 saturated heterocycles. The predicted molar refractivity (Wildman–Crippen MR) is 86.8 cm³/mol. The van der Waals surface area contributed by atoms with Crippen LogP contribution in [0.4, 0.5) is 11.5 Å². The molecule has 2 heterocycles. The van der Waals surface area contributed by atoms with Crippen LogP contribution in [0, 0.1) is 6.92 Å². The molecule has 3 aromatic rings. The molecule has 0 saturated carbocycles. The zero-order valence-corrected chi connectivity index (χ0v) is 12.3. The summed E-state index contributed by atoms with van der Waals surface area (Å²) in [5.74, 6) is 1.78. The van der Waals surface area contributed by atoms with Crippen molar-refractivity contribution in [3.05, 3.63) is 47.8 Å². The van der Waals surface area contributed by atoms with Crippen molar-refractivity contribution in [2.75, 3.05) is 24.2 Å². The van der Waals surface area contributed by atoms with E-state index in [1.165, 1.54) is 11.3 Å². The van der Waals surface area contributed by atoms with Gasteiger partial charge in [0.15, 0.2) is 5.65 Å². The molecule has 0 bridgehead atoms. The number of anilines is 2. The van der Waals surface area contributed by atoms with Crippen molar-refractivity contribution in [2.45, 2.75) is 13.3 Å². The van der Waals surface area contributed by atoms with Crippen LogP contribution in [0.2, 0.25) is 0 Å². The summed E-state index contributed by atoms with van der Waals surface area (Å²) < 4.78 is 0. The summed E-state index contributed by atoms with van der Waals surface area (Å²) in [5.41, 5.74) is 4.15. The number of nitrogens with zero attached hydrogens (tertiary/aromatic N) is 2. The predicted octanol–water partition coefficient (Wildman–Crippen LogP) is 2.96. The summed E-state index contributed by atoms with van der Waals surface area (Å²) in [6.07, 6.45) is 0.833. The summed E-state index contributed by atoms with van der Waals surface area (Å²) in [6.45, 7) is 2.94. The first kappa shape index (κ1) is 13.4. The van der Waals surface area contributed by atoms with Gasteiger partial charge in [0, 0.05) is 25.7 Å². The fraction of sp³-hybridized carbons (Fsp3) is 0.250. The maximum absolute atomic E-state index is 4.53. The van der Waals surface area contributed by atoms with E-state index in [-0.39, 0.29) is 0 Å². The average molecular weight is 281 g/mol. The molecule has 5 nitrogen and oxygen atoms in total. The maximum atomic E-state index is 4.53. The first-order chi connectivity index (χ1) is 10.3. The minimum absolute atomic E-state index is 0.757. The normalized spacial score (nSPS) is 10.8. The van der Waals surface area contributed by atoms with E-state index in [1.807, 2.05) is 31.3 Å². The van der Waals surface area contributed by atoms with Crippen LogP contribution in [0.15, 0.2) is 36.4 Å². The van der Waals surface area contributed by atoms with Crippen LogP contribution in [0.5, 0.6) is 0 Å². The standard InChI is InChI=1S/C16H19N5/c1-11-5-3-4-6-12(11)18-10-9-15-19-13-7-8-14(17-2)20-16(13)21-15/h3-8,18H,9-10H2,1-2H3,(H2,17,19,20,21). The van der Waals surface area contributed by atoms with Crippen molar-refractivity contribution in [3.63, 3.8) is 0 Å². The SMILES string of the molecule is CNc1ccc2[nH]c(CCNc3ccccc3C)nc2n1. The first-order valence-corrected chi connectivity index (χ1v) is 7.09. The highest BCUT2D eigenvalue weighted by atomic mass is 15.0. The molecule has 0 fully saturated rings. The molecule has 0 aliphatic rings. The lowest BCUT2D eigenvalue weighted by atomic mass is 10.2. The molecule has 0 atom stereocenters. The number of rotatable bonds is 5. The number of pyridine rings is 1. The number of para-hydroxylation sites is 1. The van der Waals surface area contributed by atoms with E-state index in [0.717, 1.165) is 35.8 Å². The molecule has 3 rings (SSSR count). The van der Waals surface area contributed by atoms with E-state index in [9.17, 15) is 0 Å². The van der Waals surface area contributed by atoms with E-state index in [0.29, 0.717) is 0 Å². The van der Waals surface area contributed by atoms with Gasteiger partial charge in [-0.05, 0) is 30.7 Å². The van der Waals surface area contributed by atoms with Gasteiger partial charge in [0.25, 0.3) is 0 Å². The Bertz CT molecular complexity index is 747. The average Bonchev–Trinajstić information content (AvgIpc) is 2.90. The number of H-pyrrole nitrogens is 1. The lowest BCUT2D eigenvalue weighted by Crippen LogP contribution is -2.06. The highest BCUT2D eigenvalue weighted by molar-refractivity contribution is 5.72. The number of nitrogens with one attached hydrogen (secondary N) is 3. The van der Waals surface area contributed by atoms with Gasteiger partial charge in [0.1, 0.15) is 11.6 Å². The van der Waals surface area contributed by atoms with Gasteiger partial charge in [-0.1, -0.05) is 18.2 Å². The zero-order valence-electron chi connectivity index (χ0n) is 12.3. The number of hydrogen-bond acceptors (Lipinski definition) is 4. The van der Waals surface area contributed by atoms with E-state index >= 15 is 0 Å². The minimum atomic E-state index is 0.757. The van der Waals surface area contributed by atoms with Crippen LogP contribution in [0.1, 0.15) is 11.4 Å². The summed E-state index contributed by atoms with van der Waals surface area (Å²) in [4.78, 5) is 12.3. The summed E-state index contributed by atoms with van der Waals surface area (Å²) in [7, 11) is 1.86. The van der Waals surface area contributed by atoms with Crippen molar-refractivity contribution in [3.8, 4) is 0 Å².